The number of nitrogens with two attached hydrogens (primary N) is 1. The second-order valence-electron chi connectivity index (χ2n) is 3.13. The molecule has 0 aliphatic heterocycles. The van der Waals surface area contributed by atoms with E-state index in [-0.39, 0.29) is 4.90 Å². The molecule has 0 saturated carbocycles. The van der Waals surface area contributed by atoms with Gasteiger partial charge in [0.2, 0.25) is 0 Å². The predicted molar refractivity (Wildman–Crippen MR) is 53.5 cm³/mol. The Bertz CT molecular complexity index is 397. The van der Waals surface area contributed by atoms with E-state index >= 15 is 0 Å². The molecule has 0 aliphatic carbocycles. The van der Waals surface area contributed by atoms with Crippen LogP contribution in [0.2, 0.25) is 0 Å². The minimum atomic E-state index is -3.51. The van der Waals surface area contributed by atoms with Gasteiger partial charge in [-0.1, -0.05) is 0 Å². The first-order valence-electron chi connectivity index (χ1n) is 4.14. The maximum absolute atomic E-state index is 12.6. The second-order valence-corrected chi connectivity index (χ2v) is 5.17. The molecule has 1 aromatic carbocycles. The highest BCUT2D eigenvalue weighted by molar-refractivity contribution is 7.91. The van der Waals surface area contributed by atoms with Crippen molar-refractivity contribution < 1.29 is 12.8 Å². The van der Waals surface area contributed by atoms with Crippen LogP contribution < -0.4 is 5.73 Å². The first kappa shape index (κ1) is 11.0. The number of rotatable bonds is 3. The van der Waals surface area contributed by atoms with Gasteiger partial charge in [0.15, 0.2) is 9.84 Å². The molecule has 0 saturated heterocycles. The van der Waals surface area contributed by atoms with Gasteiger partial charge in [0, 0.05) is 5.69 Å². The number of anilines is 1. The van der Waals surface area contributed by atoms with E-state index in [2.05, 4.69) is 0 Å². The summed E-state index contributed by atoms with van der Waals surface area (Å²) in [6, 6.07) is 5.73. The third-order valence-corrected chi connectivity index (χ3v) is 3.58. The average molecular weight is 217 g/mol. The van der Waals surface area contributed by atoms with Gasteiger partial charge in [-0.25, -0.2) is 12.8 Å². The largest absolute Gasteiger partial charge is 0.399 e. The van der Waals surface area contributed by atoms with Gasteiger partial charge in [-0.2, -0.15) is 0 Å². The van der Waals surface area contributed by atoms with Gasteiger partial charge in [0.05, 0.1) is 10.6 Å². The number of hydrogen-bond acceptors (Lipinski definition) is 3. The first-order valence-corrected chi connectivity index (χ1v) is 5.79. The van der Waals surface area contributed by atoms with Crippen molar-refractivity contribution in [3.8, 4) is 0 Å². The third kappa shape index (κ3) is 2.70. The zero-order chi connectivity index (χ0) is 10.8. The molecule has 1 rings (SSSR count). The molecule has 0 heterocycles. The lowest BCUT2D eigenvalue weighted by atomic mass is 10.3. The number of alkyl halides is 1. The molecule has 0 radical (unpaired) electrons. The van der Waals surface area contributed by atoms with Crippen LogP contribution in [0.3, 0.4) is 0 Å². The lowest BCUT2D eigenvalue weighted by molar-refractivity contribution is 0.391. The van der Waals surface area contributed by atoms with Gasteiger partial charge >= 0.3 is 0 Å². The van der Waals surface area contributed by atoms with E-state index in [0.717, 1.165) is 0 Å². The van der Waals surface area contributed by atoms with Crippen LogP contribution in [0.15, 0.2) is 29.2 Å². The Morgan fingerprint density at radius 1 is 1.36 bits per heavy atom. The van der Waals surface area contributed by atoms with Gasteiger partial charge < -0.3 is 5.73 Å². The number of benzene rings is 1. The Morgan fingerprint density at radius 3 is 2.29 bits per heavy atom. The van der Waals surface area contributed by atoms with Crippen LogP contribution in [0.5, 0.6) is 0 Å². The summed E-state index contributed by atoms with van der Waals surface area (Å²) in [6.07, 6.45) is -1.36. The summed E-state index contributed by atoms with van der Waals surface area (Å²) < 4.78 is 35.5. The molecular weight excluding hydrogens is 205 g/mol. The van der Waals surface area contributed by atoms with Crippen molar-refractivity contribution in [2.24, 2.45) is 0 Å². The molecule has 0 spiro atoms. The Morgan fingerprint density at radius 2 is 1.86 bits per heavy atom. The van der Waals surface area contributed by atoms with Crippen LogP contribution >= 0.6 is 0 Å². The first-order chi connectivity index (χ1) is 6.42. The van der Waals surface area contributed by atoms with Gasteiger partial charge in [-0.15, -0.1) is 0 Å². The lowest BCUT2D eigenvalue weighted by Crippen LogP contribution is -2.14. The smallest absolute Gasteiger partial charge is 0.181 e. The molecule has 0 amide bonds. The molecule has 2 N–H and O–H groups in total. The molecule has 0 aromatic heterocycles. The standard InChI is InChI=1S/C9H12FNO2S/c1-7(10)6-14(12,13)9-4-2-8(11)3-5-9/h2-5,7H,6,11H2,1H3. The average Bonchev–Trinajstić information content (AvgIpc) is 2.02. The minimum Gasteiger partial charge on any atom is -0.399 e. The van der Waals surface area contributed by atoms with Gasteiger partial charge in [-0.3, -0.25) is 0 Å². The van der Waals surface area contributed by atoms with Crippen LogP contribution in [-0.4, -0.2) is 20.3 Å². The second kappa shape index (κ2) is 3.96. The van der Waals surface area contributed by atoms with Crippen LogP contribution in [0.25, 0.3) is 0 Å². The SMILES string of the molecule is CC(F)CS(=O)(=O)c1ccc(N)cc1. The van der Waals surface area contributed by atoms with Crippen molar-refractivity contribution in [3.63, 3.8) is 0 Å². The van der Waals surface area contributed by atoms with Crippen molar-refractivity contribution >= 4 is 15.5 Å². The van der Waals surface area contributed by atoms with Crippen molar-refractivity contribution in [3.05, 3.63) is 24.3 Å². The lowest BCUT2D eigenvalue weighted by Gasteiger charge is -2.04. The van der Waals surface area contributed by atoms with Crippen molar-refractivity contribution in [1.82, 2.24) is 0 Å². The monoisotopic (exact) mass is 217 g/mol. The molecule has 1 unspecified atom stereocenters. The van der Waals surface area contributed by atoms with Crippen LogP contribution in [0, 0.1) is 0 Å². The summed E-state index contributed by atoms with van der Waals surface area (Å²) in [5.74, 6) is -0.489. The molecule has 0 fully saturated rings. The molecule has 1 atom stereocenters. The van der Waals surface area contributed by atoms with E-state index < -0.39 is 21.8 Å². The fraction of sp³-hybridized carbons (Fsp3) is 0.333. The Kier molecular flexibility index (Phi) is 3.10. The number of hydrogen-bond donors (Lipinski definition) is 1. The van der Waals surface area contributed by atoms with E-state index in [4.69, 9.17) is 5.73 Å². The molecular formula is C9H12FNO2S. The van der Waals surface area contributed by atoms with Crippen LogP contribution in [0.4, 0.5) is 10.1 Å². The number of sulfone groups is 1. The Hall–Kier alpha value is -1.10. The van der Waals surface area contributed by atoms with E-state index in [1.807, 2.05) is 0 Å². The quantitative estimate of drug-likeness (QED) is 0.778. The maximum Gasteiger partial charge on any atom is 0.181 e. The molecule has 0 bridgehead atoms. The molecule has 1 aromatic rings. The predicted octanol–water partition coefficient (Wildman–Crippen LogP) is 1.40. The minimum absolute atomic E-state index is 0.108. The van der Waals surface area contributed by atoms with E-state index in [1.165, 1.54) is 31.2 Å². The van der Waals surface area contributed by atoms with Crippen molar-refractivity contribution in [1.29, 1.82) is 0 Å². The van der Waals surface area contributed by atoms with E-state index in [9.17, 15) is 12.8 Å². The highest BCUT2D eigenvalue weighted by Crippen LogP contribution is 2.14. The van der Waals surface area contributed by atoms with E-state index in [1.54, 1.807) is 0 Å². The van der Waals surface area contributed by atoms with Gasteiger partial charge in [-0.05, 0) is 31.2 Å². The fourth-order valence-electron chi connectivity index (χ4n) is 1.07. The fourth-order valence-corrected chi connectivity index (χ4v) is 2.42. The molecule has 14 heavy (non-hydrogen) atoms. The van der Waals surface area contributed by atoms with Crippen LogP contribution in [-0.2, 0) is 9.84 Å². The summed E-state index contributed by atoms with van der Waals surface area (Å²) >= 11 is 0. The summed E-state index contributed by atoms with van der Waals surface area (Å²) in [5.41, 5.74) is 5.89. The topological polar surface area (TPSA) is 60.2 Å². The summed E-state index contributed by atoms with van der Waals surface area (Å²) in [7, 11) is -3.51. The summed E-state index contributed by atoms with van der Waals surface area (Å²) in [4.78, 5) is 0.108. The zero-order valence-corrected chi connectivity index (χ0v) is 8.59. The van der Waals surface area contributed by atoms with Crippen molar-refractivity contribution in [2.45, 2.75) is 18.0 Å². The molecule has 3 nitrogen and oxygen atoms in total. The van der Waals surface area contributed by atoms with E-state index in [0.29, 0.717) is 5.69 Å². The van der Waals surface area contributed by atoms with Gasteiger partial charge in [0.25, 0.3) is 0 Å². The molecule has 78 valence electrons. The summed E-state index contributed by atoms with van der Waals surface area (Å²) in [5, 5.41) is 0. The van der Waals surface area contributed by atoms with Gasteiger partial charge in [0.1, 0.15) is 6.17 Å². The molecule has 5 heteroatoms. The van der Waals surface area contributed by atoms with Crippen LogP contribution in [0.1, 0.15) is 6.92 Å². The molecule has 0 aliphatic rings. The maximum atomic E-state index is 12.6. The Balaban J connectivity index is 2.99. The zero-order valence-electron chi connectivity index (χ0n) is 7.77. The highest BCUT2D eigenvalue weighted by Gasteiger charge is 2.17. The third-order valence-electron chi connectivity index (χ3n) is 1.69. The Labute approximate surface area is 82.7 Å². The highest BCUT2D eigenvalue weighted by atomic mass is 32.2. The number of nitrogen functional groups attached to an aromatic ring is 1. The van der Waals surface area contributed by atoms with Crippen molar-refractivity contribution in [2.75, 3.05) is 11.5 Å². The normalized spacial score (nSPS) is 13.9. The summed E-state index contributed by atoms with van der Waals surface area (Å²) in [6.45, 7) is 1.22. The number of halogens is 1.